The van der Waals surface area contributed by atoms with E-state index in [1.54, 1.807) is 0 Å². The van der Waals surface area contributed by atoms with Crippen LogP contribution in [-0.2, 0) is 4.74 Å². The van der Waals surface area contributed by atoms with E-state index in [4.69, 9.17) is 10.5 Å². The maximum atomic E-state index is 11.3. The van der Waals surface area contributed by atoms with Gasteiger partial charge in [0.25, 0.3) is 0 Å². The third-order valence-electron chi connectivity index (χ3n) is 6.03. The van der Waals surface area contributed by atoms with Crippen molar-refractivity contribution in [2.24, 2.45) is 17.1 Å². The lowest BCUT2D eigenvalue weighted by molar-refractivity contribution is -0.178. The molecule has 1 saturated heterocycles. The van der Waals surface area contributed by atoms with Crippen LogP contribution in [0.15, 0.2) is 0 Å². The molecule has 0 bridgehead atoms. The van der Waals surface area contributed by atoms with E-state index in [9.17, 15) is 5.11 Å². The molecule has 2 atom stereocenters. The zero-order valence-corrected chi connectivity index (χ0v) is 13.4. The van der Waals surface area contributed by atoms with Gasteiger partial charge in [-0.25, -0.2) is 0 Å². The standard InChI is InChI=1S/C17H33NO2/c1-3-5-14-6-8-16(13-18,9-7-14)17(19)10-11-20-15(4-2)12-17/h14-15,19H,3-13,18H2,1-2H3. The van der Waals surface area contributed by atoms with Crippen LogP contribution >= 0.6 is 0 Å². The Labute approximate surface area is 124 Å². The highest BCUT2D eigenvalue weighted by Gasteiger charge is 2.52. The van der Waals surface area contributed by atoms with Crippen molar-refractivity contribution >= 4 is 0 Å². The fourth-order valence-electron chi connectivity index (χ4n) is 4.46. The number of hydrogen-bond donors (Lipinski definition) is 2. The second-order valence-corrected chi connectivity index (χ2v) is 7.10. The molecule has 0 aromatic heterocycles. The first-order valence-electron chi connectivity index (χ1n) is 8.63. The molecule has 1 saturated carbocycles. The van der Waals surface area contributed by atoms with Gasteiger partial charge >= 0.3 is 0 Å². The number of aliphatic hydroxyl groups is 1. The Morgan fingerprint density at radius 2 is 1.90 bits per heavy atom. The highest BCUT2D eigenvalue weighted by molar-refractivity contribution is 5.04. The summed E-state index contributed by atoms with van der Waals surface area (Å²) in [5.74, 6) is 0.852. The van der Waals surface area contributed by atoms with E-state index in [2.05, 4.69) is 13.8 Å². The van der Waals surface area contributed by atoms with Gasteiger partial charge in [-0.1, -0.05) is 26.7 Å². The van der Waals surface area contributed by atoms with Crippen molar-refractivity contribution in [1.29, 1.82) is 0 Å². The molecule has 3 heteroatoms. The maximum absolute atomic E-state index is 11.3. The summed E-state index contributed by atoms with van der Waals surface area (Å²) in [6.45, 7) is 5.72. The second kappa shape index (κ2) is 6.76. The molecule has 0 aromatic carbocycles. The number of hydrogen-bond acceptors (Lipinski definition) is 3. The van der Waals surface area contributed by atoms with Gasteiger partial charge in [0.2, 0.25) is 0 Å². The van der Waals surface area contributed by atoms with Crippen molar-refractivity contribution in [3.63, 3.8) is 0 Å². The molecule has 20 heavy (non-hydrogen) atoms. The van der Waals surface area contributed by atoms with Crippen LogP contribution in [0.1, 0.15) is 71.6 Å². The molecule has 3 N–H and O–H groups in total. The Hall–Kier alpha value is -0.120. The van der Waals surface area contributed by atoms with E-state index in [1.165, 1.54) is 25.7 Å². The average Bonchev–Trinajstić information content (AvgIpc) is 2.48. The van der Waals surface area contributed by atoms with Gasteiger partial charge < -0.3 is 15.6 Å². The van der Waals surface area contributed by atoms with E-state index in [0.717, 1.165) is 38.0 Å². The minimum atomic E-state index is -0.599. The Kier molecular flexibility index (Phi) is 5.49. The van der Waals surface area contributed by atoms with Crippen molar-refractivity contribution in [2.45, 2.75) is 83.3 Å². The van der Waals surface area contributed by atoms with E-state index in [1.807, 2.05) is 0 Å². The van der Waals surface area contributed by atoms with Crippen molar-refractivity contribution in [3.05, 3.63) is 0 Å². The lowest BCUT2D eigenvalue weighted by atomic mass is 9.58. The van der Waals surface area contributed by atoms with Gasteiger partial charge in [-0.15, -0.1) is 0 Å². The van der Waals surface area contributed by atoms with Crippen LogP contribution in [0.5, 0.6) is 0 Å². The number of ether oxygens (including phenoxy) is 1. The van der Waals surface area contributed by atoms with E-state index >= 15 is 0 Å². The molecule has 2 aliphatic rings. The van der Waals surface area contributed by atoms with Crippen LogP contribution in [0.25, 0.3) is 0 Å². The van der Waals surface area contributed by atoms with Crippen LogP contribution in [0.3, 0.4) is 0 Å². The minimum Gasteiger partial charge on any atom is -0.389 e. The SMILES string of the molecule is CCCC1CCC(CN)(C2(O)CCOC(CC)C2)CC1. The molecule has 1 heterocycles. The molecular weight excluding hydrogens is 250 g/mol. The predicted molar refractivity (Wildman–Crippen MR) is 82.6 cm³/mol. The van der Waals surface area contributed by atoms with E-state index in [0.29, 0.717) is 13.2 Å². The molecule has 3 nitrogen and oxygen atoms in total. The predicted octanol–water partition coefficient (Wildman–Crippen LogP) is 3.24. The summed E-state index contributed by atoms with van der Waals surface area (Å²) in [4.78, 5) is 0. The normalized spacial score (nSPS) is 42.6. The third kappa shape index (κ3) is 3.05. The highest BCUT2D eigenvalue weighted by Crippen LogP contribution is 2.51. The maximum Gasteiger partial charge on any atom is 0.0762 e. The topological polar surface area (TPSA) is 55.5 Å². The van der Waals surface area contributed by atoms with Crippen LogP contribution in [0, 0.1) is 11.3 Å². The fraction of sp³-hybridized carbons (Fsp3) is 1.00. The molecule has 2 unspecified atom stereocenters. The summed E-state index contributed by atoms with van der Waals surface area (Å²) >= 11 is 0. The zero-order chi connectivity index (χ0) is 14.6. The summed E-state index contributed by atoms with van der Waals surface area (Å²) < 4.78 is 5.76. The fourth-order valence-corrected chi connectivity index (χ4v) is 4.46. The van der Waals surface area contributed by atoms with Crippen molar-refractivity contribution < 1.29 is 9.84 Å². The summed E-state index contributed by atoms with van der Waals surface area (Å²) in [6.07, 6.45) is 10.0. The van der Waals surface area contributed by atoms with Crippen LogP contribution < -0.4 is 5.73 Å². The third-order valence-corrected chi connectivity index (χ3v) is 6.03. The first-order valence-corrected chi connectivity index (χ1v) is 8.63. The molecule has 0 spiro atoms. The van der Waals surface area contributed by atoms with Crippen molar-refractivity contribution in [1.82, 2.24) is 0 Å². The van der Waals surface area contributed by atoms with Crippen LogP contribution in [0.4, 0.5) is 0 Å². The van der Waals surface area contributed by atoms with Gasteiger partial charge in [-0.05, 0) is 38.0 Å². The van der Waals surface area contributed by atoms with Gasteiger partial charge in [0, 0.05) is 31.4 Å². The number of nitrogens with two attached hydrogens (primary N) is 1. The molecule has 0 aromatic rings. The van der Waals surface area contributed by atoms with Gasteiger partial charge in [0.15, 0.2) is 0 Å². The van der Waals surface area contributed by atoms with Crippen LogP contribution in [0.2, 0.25) is 0 Å². The smallest absolute Gasteiger partial charge is 0.0762 e. The average molecular weight is 283 g/mol. The Bertz CT molecular complexity index is 299. The van der Waals surface area contributed by atoms with Gasteiger partial charge in [0.1, 0.15) is 0 Å². The highest BCUT2D eigenvalue weighted by atomic mass is 16.5. The van der Waals surface area contributed by atoms with E-state index in [-0.39, 0.29) is 11.5 Å². The summed E-state index contributed by atoms with van der Waals surface area (Å²) in [5.41, 5.74) is 5.50. The molecule has 2 rings (SSSR count). The van der Waals surface area contributed by atoms with Crippen molar-refractivity contribution in [2.75, 3.05) is 13.2 Å². The monoisotopic (exact) mass is 283 g/mol. The molecule has 2 fully saturated rings. The lowest BCUT2D eigenvalue weighted by Gasteiger charge is -2.53. The quantitative estimate of drug-likeness (QED) is 0.814. The molecule has 1 aliphatic carbocycles. The lowest BCUT2D eigenvalue weighted by Crippen LogP contribution is -2.58. The van der Waals surface area contributed by atoms with E-state index < -0.39 is 5.60 Å². The van der Waals surface area contributed by atoms with Crippen LogP contribution in [-0.4, -0.2) is 30.0 Å². The molecule has 0 radical (unpaired) electrons. The Morgan fingerprint density at radius 3 is 2.45 bits per heavy atom. The molecule has 118 valence electrons. The molecule has 0 amide bonds. The van der Waals surface area contributed by atoms with Gasteiger partial charge in [-0.3, -0.25) is 0 Å². The van der Waals surface area contributed by atoms with Gasteiger partial charge in [0.05, 0.1) is 11.7 Å². The Balaban J connectivity index is 2.07. The largest absolute Gasteiger partial charge is 0.389 e. The summed E-state index contributed by atoms with van der Waals surface area (Å²) in [5, 5.41) is 11.3. The summed E-state index contributed by atoms with van der Waals surface area (Å²) in [7, 11) is 0. The molecule has 1 aliphatic heterocycles. The second-order valence-electron chi connectivity index (χ2n) is 7.10. The van der Waals surface area contributed by atoms with Gasteiger partial charge in [-0.2, -0.15) is 0 Å². The first kappa shape index (κ1) is 16.3. The minimum absolute atomic E-state index is 0.0611. The molecular formula is C17H33NO2. The Morgan fingerprint density at radius 1 is 1.20 bits per heavy atom. The zero-order valence-electron chi connectivity index (χ0n) is 13.4. The van der Waals surface area contributed by atoms with Crippen molar-refractivity contribution in [3.8, 4) is 0 Å². The number of rotatable bonds is 5. The first-order chi connectivity index (χ1) is 9.59. The summed E-state index contributed by atoms with van der Waals surface area (Å²) in [6, 6.07) is 0.